The second kappa shape index (κ2) is 7.37. The van der Waals surface area contributed by atoms with Crippen molar-refractivity contribution in [2.24, 2.45) is 0 Å². The van der Waals surface area contributed by atoms with Gasteiger partial charge in [-0.1, -0.05) is 6.07 Å². The molecule has 5 nitrogen and oxygen atoms in total. The second-order valence-electron chi connectivity index (χ2n) is 7.19. The Balaban J connectivity index is 2.46. The molecule has 2 N–H and O–H groups in total. The molecule has 0 atom stereocenters. The lowest BCUT2D eigenvalue weighted by Crippen LogP contribution is -2.34. The van der Waals surface area contributed by atoms with Crippen LogP contribution in [0.5, 0.6) is 0 Å². The molecule has 7 heteroatoms. The van der Waals surface area contributed by atoms with Gasteiger partial charge < -0.3 is 5.32 Å². The maximum absolute atomic E-state index is 14.6. The molecule has 2 aromatic rings. The summed E-state index contributed by atoms with van der Waals surface area (Å²) in [6.07, 6.45) is 1.60. The van der Waals surface area contributed by atoms with E-state index in [4.69, 9.17) is 4.84 Å². The lowest BCUT2D eigenvalue weighted by molar-refractivity contribution is -0.0589. The molecule has 0 saturated heterocycles. The van der Waals surface area contributed by atoms with Gasteiger partial charge in [0.05, 0.1) is 16.9 Å². The highest BCUT2D eigenvalue weighted by molar-refractivity contribution is 6.00. The smallest absolute Gasteiger partial charge is 0.277 e. The van der Waals surface area contributed by atoms with Crippen molar-refractivity contribution in [2.45, 2.75) is 47.1 Å². The first-order chi connectivity index (χ1) is 12.0. The van der Waals surface area contributed by atoms with Gasteiger partial charge in [-0.15, -0.1) is 0 Å². The van der Waals surface area contributed by atoms with Crippen LogP contribution in [-0.4, -0.2) is 16.5 Å². The van der Waals surface area contributed by atoms with Gasteiger partial charge in [-0.3, -0.25) is 9.63 Å². The van der Waals surface area contributed by atoms with E-state index in [1.165, 1.54) is 13.0 Å². The predicted octanol–water partition coefficient (Wildman–Crippen LogP) is 4.49. The van der Waals surface area contributed by atoms with Crippen molar-refractivity contribution < 1.29 is 18.4 Å². The molecule has 0 aliphatic rings. The minimum Gasteiger partial charge on any atom is -0.337 e. The molecule has 0 unspecified atom stereocenters. The summed E-state index contributed by atoms with van der Waals surface area (Å²) in [5.74, 6) is -2.52. The van der Waals surface area contributed by atoms with Crippen molar-refractivity contribution in [3.63, 3.8) is 0 Å². The van der Waals surface area contributed by atoms with E-state index in [2.05, 4.69) is 15.8 Å². The van der Waals surface area contributed by atoms with Crippen LogP contribution in [-0.2, 0) is 4.84 Å². The highest BCUT2D eigenvalue weighted by Gasteiger charge is 2.23. The monoisotopic (exact) mass is 363 g/mol. The van der Waals surface area contributed by atoms with Gasteiger partial charge in [0.2, 0.25) is 0 Å². The third-order valence-electron chi connectivity index (χ3n) is 3.54. The van der Waals surface area contributed by atoms with E-state index in [0.717, 1.165) is 11.1 Å². The Bertz CT molecular complexity index is 846. The Kier molecular flexibility index (Phi) is 5.61. The van der Waals surface area contributed by atoms with Gasteiger partial charge in [0.15, 0.2) is 11.6 Å². The van der Waals surface area contributed by atoms with Gasteiger partial charge in [-0.25, -0.2) is 19.2 Å². The minimum atomic E-state index is -1.15. The Hall–Kier alpha value is -2.54. The zero-order valence-corrected chi connectivity index (χ0v) is 15.8. The summed E-state index contributed by atoms with van der Waals surface area (Å²) in [7, 11) is 0. The normalized spacial score (nSPS) is 11.4. The van der Waals surface area contributed by atoms with E-state index in [9.17, 15) is 13.6 Å². The largest absolute Gasteiger partial charge is 0.337 e. The van der Waals surface area contributed by atoms with E-state index in [1.54, 1.807) is 33.9 Å². The Morgan fingerprint density at radius 3 is 2.31 bits per heavy atom. The molecular formula is C19H23F2N3O2. The molecule has 1 aromatic heterocycles. The first-order valence-electron chi connectivity index (χ1n) is 8.17. The predicted molar refractivity (Wildman–Crippen MR) is 96.4 cm³/mol. The van der Waals surface area contributed by atoms with Gasteiger partial charge in [0.1, 0.15) is 5.82 Å². The number of carbonyl (C=O) groups is 1. The molecule has 0 bridgehead atoms. The number of benzene rings is 1. The number of amides is 1. The SMILES string of the molecule is Cc1cnc(Nc2c(C(=O)NOC(C)(C)C)cc(C)c(F)c2F)c(C)c1. The average Bonchev–Trinajstić information content (AvgIpc) is 2.54. The number of pyridine rings is 1. The summed E-state index contributed by atoms with van der Waals surface area (Å²) in [5.41, 5.74) is 2.96. The number of hydroxylamine groups is 1. The summed E-state index contributed by atoms with van der Waals surface area (Å²) >= 11 is 0. The maximum Gasteiger partial charge on any atom is 0.277 e. The number of nitrogens with zero attached hydrogens (tertiary/aromatic N) is 1. The van der Waals surface area contributed by atoms with Crippen molar-refractivity contribution in [2.75, 3.05) is 5.32 Å². The number of anilines is 2. The van der Waals surface area contributed by atoms with E-state index < -0.39 is 23.1 Å². The molecule has 0 radical (unpaired) electrons. The standard InChI is InChI=1S/C19H23F2N3O2/c1-10-7-12(3)17(22-9-10)23-16-13(8-11(2)14(20)15(16)21)18(25)24-26-19(4,5)6/h7-9H,1-6H3,(H,22,23)(H,24,25). The molecule has 0 aliphatic heterocycles. The summed E-state index contributed by atoms with van der Waals surface area (Å²) in [4.78, 5) is 21.9. The molecule has 0 fully saturated rings. The van der Waals surface area contributed by atoms with Gasteiger partial charge in [0, 0.05) is 6.20 Å². The number of hydrogen-bond acceptors (Lipinski definition) is 4. The van der Waals surface area contributed by atoms with Gasteiger partial charge >= 0.3 is 0 Å². The molecule has 1 aromatic carbocycles. The zero-order valence-electron chi connectivity index (χ0n) is 15.8. The highest BCUT2D eigenvalue weighted by atomic mass is 19.2. The van der Waals surface area contributed by atoms with Crippen molar-refractivity contribution in [3.8, 4) is 0 Å². The molecule has 1 heterocycles. The van der Waals surface area contributed by atoms with Gasteiger partial charge in [-0.05, 0) is 64.3 Å². The minimum absolute atomic E-state index is 0.0162. The summed E-state index contributed by atoms with van der Waals surface area (Å²) in [6.45, 7) is 10.3. The van der Waals surface area contributed by atoms with Crippen LogP contribution in [0.4, 0.5) is 20.3 Å². The van der Waals surface area contributed by atoms with E-state index >= 15 is 0 Å². The van der Waals surface area contributed by atoms with Crippen LogP contribution >= 0.6 is 0 Å². The Labute approximate surface area is 151 Å². The van der Waals surface area contributed by atoms with Crippen LogP contribution in [0.1, 0.15) is 47.8 Å². The number of nitrogens with one attached hydrogen (secondary N) is 2. The lowest BCUT2D eigenvalue weighted by Gasteiger charge is -2.20. The number of halogens is 2. The van der Waals surface area contributed by atoms with Crippen LogP contribution in [0, 0.1) is 32.4 Å². The third-order valence-corrected chi connectivity index (χ3v) is 3.54. The van der Waals surface area contributed by atoms with Crippen LogP contribution in [0.25, 0.3) is 0 Å². The van der Waals surface area contributed by atoms with E-state index in [0.29, 0.717) is 5.82 Å². The molecular weight excluding hydrogens is 340 g/mol. The summed E-state index contributed by atoms with van der Waals surface area (Å²) in [5, 5.41) is 2.74. The fraction of sp³-hybridized carbons (Fsp3) is 0.368. The van der Waals surface area contributed by atoms with Crippen molar-refractivity contribution in [1.82, 2.24) is 10.5 Å². The lowest BCUT2D eigenvalue weighted by atomic mass is 10.1. The van der Waals surface area contributed by atoms with Crippen LogP contribution in [0.3, 0.4) is 0 Å². The molecule has 26 heavy (non-hydrogen) atoms. The van der Waals surface area contributed by atoms with Gasteiger partial charge in [0.25, 0.3) is 5.91 Å². The van der Waals surface area contributed by atoms with Crippen molar-refractivity contribution in [3.05, 3.63) is 52.2 Å². The van der Waals surface area contributed by atoms with Crippen LogP contribution < -0.4 is 10.8 Å². The van der Waals surface area contributed by atoms with E-state index in [1.807, 2.05) is 13.0 Å². The maximum atomic E-state index is 14.6. The molecule has 2 rings (SSSR count). The fourth-order valence-electron chi connectivity index (χ4n) is 2.27. The second-order valence-corrected chi connectivity index (χ2v) is 7.19. The Morgan fingerprint density at radius 2 is 1.73 bits per heavy atom. The quantitative estimate of drug-likeness (QED) is 0.786. The number of hydrogen-bond donors (Lipinski definition) is 2. The highest BCUT2D eigenvalue weighted by Crippen LogP contribution is 2.29. The molecule has 1 amide bonds. The average molecular weight is 363 g/mol. The summed E-state index contributed by atoms with van der Waals surface area (Å²) < 4.78 is 28.6. The fourth-order valence-corrected chi connectivity index (χ4v) is 2.27. The number of rotatable bonds is 4. The van der Waals surface area contributed by atoms with Crippen LogP contribution in [0.15, 0.2) is 18.3 Å². The van der Waals surface area contributed by atoms with Crippen molar-refractivity contribution >= 4 is 17.4 Å². The van der Waals surface area contributed by atoms with Gasteiger partial charge in [-0.2, -0.15) is 0 Å². The van der Waals surface area contributed by atoms with Crippen LogP contribution in [0.2, 0.25) is 0 Å². The van der Waals surface area contributed by atoms with Crippen molar-refractivity contribution in [1.29, 1.82) is 0 Å². The number of aromatic nitrogens is 1. The zero-order chi connectivity index (χ0) is 19.6. The topological polar surface area (TPSA) is 63.2 Å². The molecule has 0 spiro atoms. The molecule has 0 saturated carbocycles. The first kappa shape index (κ1) is 19.8. The summed E-state index contributed by atoms with van der Waals surface area (Å²) in [6, 6.07) is 3.12. The third kappa shape index (κ3) is 4.54. The van der Waals surface area contributed by atoms with E-state index in [-0.39, 0.29) is 16.8 Å². The number of aryl methyl sites for hydroxylation is 3. The first-order valence-corrected chi connectivity index (χ1v) is 8.17. The molecule has 140 valence electrons. The number of carbonyl (C=O) groups excluding carboxylic acids is 1. The Morgan fingerprint density at radius 1 is 1.08 bits per heavy atom. The molecule has 0 aliphatic carbocycles.